The number of aryl methyl sites for hydroxylation is 1. The van der Waals surface area contributed by atoms with Gasteiger partial charge in [-0.1, -0.05) is 61.5 Å². The Kier molecular flexibility index (Phi) is 6.27. The van der Waals surface area contributed by atoms with E-state index in [0.717, 1.165) is 23.1 Å². The minimum atomic E-state index is 0.00527. The Morgan fingerprint density at radius 2 is 1.93 bits per heavy atom. The lowest BCUT2D eigenvalue weighted by Crippen LogP contribution is -2.09. The average Bonchev–Trinajstić information content (AvgIpc) is 3.08. The molecule has 6 heteroatoms. The monoisotopic (exact) mass is 390 g/mol. The first-order valence-electron chi connectivity index (χ1n) is 9.14. The maximum atomic E-state index is 12.5. The molecule has 0 saturated carbocycles. The summed E-state index contributed by atoms with van der Waals surface area (Å²) in [4.78, 5) is 12.5. The summed E-state index contributed by atoms with van der Waals surface area (Å²) in [5, 5.41) is 18.4. The van der Waals surface area contributed by atoms with Gasteiger partial charge in [0.05, 0.1) is 17.4 Å². The van der Waals surface area contributed by atoms with E-state index in [2.05, 4.69) is 53.7 Å². The van der Waals surface area contributed by atoms with Gasteiger partial charge in [-0.25, -0.2) is 0 Å². The maximum Gasteiger partial charge on any atom is 0.191 e. The van der Waals surface area contributed by atoms with Gasteiger partial charge in [-0.05, 0) is 31.0 Å². The van der Waals surface area contributed by atoms with Crippen LogP contribution in [-0.4, -0.2) is 26.3 Å². The number of hydrogen-bond donors (Lipinski definition) is 0. The second-order valence-corrected chi connectivity index (χ2v) is 8.02. The number of nitrogens with zero attached hydrogens (tertiary/aromatic N) is 4. The van der Waals surface area contributed by atoms with Gasteiger partial charge in [0.15, 0.2) is 16.8 Å². The van der Waals surface area contributed by atoms with Crippen molar-refractivity contribution >= 4 is 17.5 Å². The zero-order chi connectivity index (χ0) is 20.1. The molecule has 142 valence electrons. The molecule has 3 aromatic rings. The van der Waals surface area contributed by atoms with Gasteiger partial charge < -0.3 is 4.57 Å². The molecule has 0 aliphatic carbocycles. The van der Waals surface area contributed by atoms with E-state index >= 15 is 0 Å². The third kappa shape index (κ3) is 4.68. The van der Waals surface area contributed by atoms with E-state index in [1.54, 1.807) is 24.3 Å². The number of carbonyl (C=O) groups excluding carboxylic acids is 1. The Bertz CT molecular complexity index is 1020. The number of nitriles is 1. The Labute approximate surface area is 169 Å². The standard InChI is InChI=1S/C22H22N4OS/c1-15(2)13-26-21(19-6-4-5-16(3)11-19)24-25-22(26)28-14-20(27)18-9-7-17(12-23)8-10-18/h4-11,15H,13-14H2,1-3H3. The fourth-order valence-electron chi connectivity index (χ4n) is 2.87. The number of ketones is 1. The van der Waals surface area contributed by atoms with Crippen LogP contribution in [0.4, 0.5) is 0 Å². The highest BCUT2D eigenvalue weighted by Gasteiger charge is 2.17. The predicted molar refractivity (Wildman–Crippen MR) is 111 cm³/mol. The molecule has 5 nitrogen and oxygen atoms in total. The van der Waals surface area contributed by atoms with Crippen LogP contribution in [-0.2, 0) is 6.54 Å². The zero-order valence-electron chi connectivity index (χ0n) is 16.2. The summed E-state index contributed by atoms with van der Waals surface area (Å²) in [6.07, 6.45) is 0. The first-order chi connectivity index (χ1) is 13.5. The highest BCUT2D eigenvalue weighted by Crippen LogP contribution is 2.26. The Hall–Kier alpha value is -2.91. The van der Waals surface area contributed by atoms with E-state index in [9.17, 15) is 4.79 Å². The molecule has 1 aromatic heterocycles. The molecule has 3 rings (SSSR count). The third-order valence-corrected chi connectivity index (χ3v) is 5.18. The van der Waals surface area contributed by atoms with Gasteiger partial charge >= 0.3 is 0 Å². The van der Waals surface area contributed by atoms with Crippen molar-refractivity contribution < 1.29 is 4.79 Å². The normalized spacial score (nSPS) is 10.8. The number of rotatable bonds is 7. The van der Waals surface area contributed by atoms with Crippen LogP contribution in [0.5, 0.6) is 0 Å². The minimum absolute atomic E-state index is 0.00527. The molecule has 0 fully saturated rings. The quantitative estimate of drug-likeness (QED) is 0.430. The van der Waals surface area contributed by atoms with Gasteiger partial charge in [-0.3, -0.25) is 4.79 Å². The molecule has 0 saturated heterocycles. The van der Waals surface area contributed by atoms with Crippen molar-refractivity contribution in [3.8, 4) is 17.5 Å². The van der Waals surface area contributed by atoms with Crippen LogP contribution in [0.15, 0.2) is 53.7 Å². The van der Waals surface area contributed by atoms with E-state index < -0.39 is 0 Å². The first-order valence-corrected chi connectivity index (χ1v) is 10.1. The highest BCUT2D eigenvalue weighted by atomic mass is 32.2. The largest absolute Gasteiger partial charge is 0.302 e. The molecule has 0 amide bonds. The van der Waals surface area contributed by atoms with Gasteiger partial charge in [-0.15, -0.1) is 10.2 Å². The smallest absolute Gasteiger partial charge is 0.191 e. The van der Waals surface area contributed by atoms with Crippen molar-refractivity contribution in [1.82, 2.24) is 14.8 Å². The van der Waals surface area contributed by atoms with Crippen LogP contribution in [0.1, 0.15) is 35.3 Å². The lowest BCUT2D eigenvalue weighted by Gasteiger charge is -2.12. The van der Waals surface area contributed by atoms with Crippen molar-refractivity contribution in [2.45, 2.75) is 32.5 Å². The van der Waals surface area contributed by atoms with Crippen molar-refractivity contribution in [2.75, 3.05) is 5.75 Å². The number of hydrogen-bond acceptors (Lipinski definition) is 5. The van der Waals surface area contributed by atoms with Crippen molar-refractivity contribution in [3.63, 3.8) is 0 Å². The van der Waals surface area contributed by atoms with Crippen LogP contribution in [0.3, 0.4) is 0 Å². The summed E-state index contributed by atoms with van der Waals surface area (Å²) in [6, 6.07) is 17.0. The number of Topliss-reactive ketones (excluding diaryl/α,β-unsaturated/α-hetero) is 1. The summed E-state index contributed by atoms with van der Waals surface area (Å²) in [5.41, 5.74) is 3.34. The van der Waals surface area contributed by atoms with E-state index in [1.807, 2.05) is 12.1 Å². The SMILES string of the molecule is Cc1cccc(-c2nnc(SCC(=O)c3ccc(C#N)cc3)n2CC(C)C)c1. The van der Waals surface area contributed by atoms with E-state index in [4.69, 9.17) is 5.26 Å². The molecule has 0 unspecified atom stereocenters. The Balaban J connectivity index is 1.81. The highest BCUT2D eigenvalue weighted by molar-refractivity contribution is 7.99. The molecule has 0 aliphatic rings. The first kappa shape index (κ1) is 19.8. The number of aromatic nitrogens is 3. The summed E-state index contributed by atoms with van der Waals surface area (Å²) >= 11 is 1.40. The van der Waals surface area contributed by atoms with E-state index in [1.165, 1.54) is 17.3 Å². The van der Waals surface area contributed by atoms with Gasteiger partial charge in [0.2, 0.25) is 0 Å². The van der Waals surface area contributed by atoms with Gasteiger partial charge in [0.1, 0.15) is 0 Å². The molecule has 0 spiro atoms. The molecule has 28 heavy (non-hydrogen) atoms. The second-order valence-electron chi connectivity index (χ2n) is 7.08. The van der Waals surface area contributed by atoms with Crippen molar-refractivity contribution in [2.24, 2.45) is 5.92 Å². The fraction of sp³-hybridized carbons (Fsp3) is 0.273. The van der Waals surface area contributed by atoms with E-state index in [0.29, 0.717) is 17.0 Å². The van der Waals surface area contributed by atoms with Crippen LogP contribution >= 0.6 is 11.8 Å². The van der Waals surface area contributed by atoms with Crippen LogP contribution in [0.2, 0.25) is 0 Å². The lowest BCUT2D eigenvalue weighted by molar-refractivity contribution is 0.102. The van der Waals surface area contributed by atoms with Gasteiger partial charge in [0, 0.05) is 17.7 Å². The lowest BCUT2D eigenvalue weighted by atomic mass is 10.1. The van der Waals surface area contributed by atoms with Gasteiger partial charge in [0.25, 0.3) is 0 Å². The van der Waals surface area contributed by atoms with Crippen molar-refractivity contribution in [1.29, 1.82) is 5.26 Å². The molecule has 0 radical (unpaired) electrons. The molecule has 1 heterocycles. The minimum Gasteiger partial charge on any atom is -0.302 e. The Morgan fingerprint density at radius 1 is 1.18 bits per heavy atom. The average molecular weight is 391 g/mol. The van der Waals surface area contributed by atoms with Crippen LogP contribution in [0.25, 0.3) is 11.4 Å². The molecule has 2 aromatic carbocycles. The number of thioether (sulfide) groups is 1. The summed E-state index contributed by atoms with van der Waals surface area (Å²) in [5.74, 6) is 1.53. The van der Waals surface area contributed by atoms with E-state index in [-0.39, 0.29) is 11.5 Å². The summed E-state index contributed by atoms with van der Waals surface area (Å²) < 4.78 is 2.09. The third-order valence-electron chi connectivity index (χ3n) is 4.21. The Morgan fingerprint density at radius 3 is 2.57 bits per heavy atom. The van der Waals surface area contributed by atoms with Gasteiger partial charge in [-0.2, -0.15) is 5.26 Å². The number of carbonyl (C=O) groups is 1. The summed E-state index contributed by atoms with van der Waals surface area (Å²) in [6.45, 7) is 7.13. The zero-order valence-corrected chi connectivity index (χ0v) is 17.0. The maximum absolute atomic E-state index is 12.5. The predicted octanol–water partition coefficient (Wildman–Crippen LogP) is 4.76. The molecule has 0 atom stereocenters. The molecule has 0 bridgehead atoms. The molecular weight excluding hydrogens is 368 g/mol. The summed E-state index contributed by atoms with van der Waals surface area (Å²) in [7, 11) is 0. The topological polar surface area (TPSA) is 71.6 Å². The van der Waals surface area contributed by atoms with Crippen LogP contribution < -0.4 is 0 Å². The molecule has 0 aliphatic heterocycles. The van der Waals surface area contributed by atoms with Crippen LogP contribution in [0, 0.1) is 24.2 Å². The molecule has 0 N–H and O–H groups in total. The second kappa shape index (κ2) is 8.85. The molecular formula is C22H22N4OS. The number of benzene rings is 2. The fourth-order valence-corrected chi connectivity index (χ4v) is 3.71. The van der Waals surface area contributed by atoms with Crippen molar-refractivity contribution in [3.05, 3.63) is 65.2 Å².